The molecule has 0 N–H and O–H groups in total. The molecular formula is C15H12ClNO5. The summed E-state index contributed by atoms with van der Waals surface area (Å²) in [7, 11) is 0. The molecule has 2 aromatic carbocycles. The molecule has 0 aliphatic rings. The SMILES string of the molecule is Cc1cc(OCC(=O)Oc2ccc(Cl)cc2)ccc1[N+](=O)[O-]. The quantitative estimate of drug-likeness (QED) is 0.364. The van der Waals surface area contributed by atoms with Crippen molar-refractivity contribution in [3.05, 3.63) is 63.2 Å². The normalized spacial score (nSPS) is 10.1. The summed E-state index contributed by atoms with van der Waals surface area (Å²) in [5, 5.41) is 11.2. The summed E-state index contributed by atoms with van der Waals surface area (Å²) in [6, 6.07) is 10.6. The van der Waals surface area contributed by atoms with Gasteiger partial charge in [-0.1, -0.05) is 11.6 Å². The Hall–Kier alpha value is -2.60. The molecule has 0 aromatic heterocycles. The Morgan fingerprint density at radius 3 is 2.41 bits per heavy atom. The molecular weight excluding hydrogens is 310 g/mol. The average molecular weight is 322 g/mol. The van der Waals surface area contributed by atoms with Crippen LogP contribution in [0.25, 0.3) is 0 Å². The van der Waals surface area contributed by atoms with Gasteiger partial charge in [0.25, 0.3) is 5.69 Å². The minimum absolute atomic E-state index is 0.00362. The second-order valence-electron chi connectivity index (χ2n) is 4.42. The van der Waals surface area contributed by atoms with E-state index < -0.39 is 10.9 Å². The van der Waals surface area contributed by atoms with Gasteiger partial charge in [-0.15, -0.1) is 0 Å². The van der Waals surface area contributed by atoms with E-state index in [4.69, 9.17) is 21.1 Å². The van der Waals surface area contributed by atoms with Crippen LogP contribution in [0.15, 0.2) is 42.5 Å². The van der Waals surface area contributed by atoms with E-state index in [1.165, 1.54) is 18.2 Å². The summed E-state index contributed by atoms with van der Waals surface area (Å²) < 4.78 is 10.3. The monoisotopic (exact) mass is 321 g/mol. The summed E-state index contributed by atoms with van der Waals surface area (Å²) in [5.74, 6) is 0.132. The Labute approximate surface area is 131 Å². The highest BCUT2D eigenvalue weighted by Crippen LogP contribution is 2.23. The number of nitro benzene ring substituents is 1. The maximum Gasteiger partial charge on any atom is 0.349 e. The predicted octanol–water partition coefficient (Wildman–Crippen LogP) is 3.54. The maximum atomic E-state index is 11.6. The molecule has 0 heterocycles. The zero-order valence-corrected chi connectivity index (χ0v) is 12.4. The van der Waals surface area contributed by atoms with Crippen molar-refractivity contribution in [3.63, 3.8) is 0 Å². The van der Waals surface area contributed by atoms with Crippen LogP contribution in [-0.4, -0.2) is 17.5 Å². The summed E-state index contributed by atoms with van der Waals surface area (Å²) in [6.45, 7) is 1.29. The van der Waals surface area contributed by atoms with Crippen LogP contribution >= 0.6 is 11.6 Å². The number of halogens is 1. The van der Waals surface area contributed by atoms with Gasteiger partial charge < -0.3 is 9.47 Å². The molecule has 0 unspecified atom stereocenters. The number of hydrogen-bond acceptors (Lipinski definition) is 5. The van der Waals surface area contributed by atoms with E-state index in [1.807, 2.05) is 0 Å². The standard InChI is InChI=1S/C15H12ClNO5/c1-10-8-13(6-7-14(10)17(19)20)21-9-15(18)22-12-4-2-11(16)3-5-12/h2-8H,9H2,1H3. The highest BCUT2D eigenvalue weighted by atomic mass is 35.5. The van der Waals surface area contributed by atoms with Gasteiger partial charge in [0.05, 0.1) is 4.92 Å². The Morgan fingerprint density at radius 2 is 1.82 bits per heavy atom. The summed E-state index contributed by atoms with van der Waals surface area (Å²) in [4.78, 5) is 21.9. The Kier molecular flexibility index (Phi) is 4.95. The van der Waals surface area contributed by atoms with Crippen molar-refractivity contribution in [2.75, 3.05) is 6.61 Å². The van der Waals surface area contributed by atoms with Gasteiger partial charge in [-0.2, -0.15) is 0 Å². The zero-order valence-electron chi connectivity index (χ0n) is 11.6. The summed E-state index contributed by atoms with van der Waals surface area (Å²) in [6.07, 6.45) is 0. The van der Waals surface area contributed by atoms with Gasteiger partial charge >= 0.3 is 5.97 Å². The van der Waals surface area contributed by atoms with Crippen molar-refractivity contribution in [2.24, 2.45) is 0 Å². The van der Waals surface area contributed by atoms with Gasteiger partial charge in [0.15, 0.2) is 6.61 Å². The third-order valence-corrected chi connectivity index (χ3v) is 3.02. The van der Waals surface area contributed by atoms with Gasteiger partial charge in [0, 0.05) is 16.7 Å². The molecule has 0 aliphatic carbocycles. The number of ether oxygens (including phenoxy) is 2. The topological polar surface area (TPSA) is 78.7 Å². The largest absolute Gasteiger partial charge is 0.482 e. The lowest BCUT2D eigenvalue weighted by atomic mass is 10.2. The number of carbonyl (C=O) groups is 1. The van der Waals surface area contributed by atoms with Crippen molar-refractivity contribution in [1.82, 2.24) is 0 Å². The molecule has 0 radical (unpaired) electrons. The molecule has 0 spiro atoms. The van der Waals surface area contributed by atoms with E-state index in [9.17, 15) is 14.9 Å². The number of carbonyl (C=O) groups excluding carboxylic acids is 1. The van der Waals surface area contributed by atoms with E-state index in [-0.39, 0.29) is 12.3 Å². The molecule has 2 rings (SSSR count). The van der Waals surface area contributed by atoms with E-state index in [1.54, 1.807) is 31.2 Å². The van der Waals surface area contributed by atoms with Crippen LogP contribution in [0.3, 0.4) is 0 Å². The van der Waals surface area contributed by atoms with Crippen molar-refractivity contribution in [2.45, 2.75) is 6.92 Å². The van der Waals surface area contributed by atoms with Crippen LogP contribution < -0.4 is 9.47 Å². The van der Waals surface area contributed by atoms with E-state index in [0.717, 1.165) is 0 Å². The van der Waals surface area contributed by atoms with Gasteiger partial charge in [-0.05, 0) is 43.3 Å². The van der Waals surface area contributed by atoms with Crippen LogP contribution in [0, 0.1) is 17.0 Å². The molecule has 6 nitrogen and oxygen atoms in total. The number of esters is 1. The molecule has 0 saturated heterocycles. The first-order valence-electron chi connectivity index (χ1n) is 6.30. The molecule has 7 heteroatoms. The number of hydrogen-bond donors (Lipinski definition) is 0. The Morgan fingerprint density at radius 1 is 1.18 bits per heavy atom. The minimum Gasteiger partial charge on any atom is -0.482 e. The number of rotatable bonds is 5. The average Bonchev–Trinajstić information content (AvgIpc) is 2.47. The lowest BCUT2D eigenvalue weighted by molar-refractivity contribution is -0.385. The fraction of sp³-hybridized carbons (Fsp3) is 0.133. The van der Waals surface area contributed by atoms with Gasteiger partial charge in [0.2, 0.25) is 0 Å². The highest BCUT2D eigenvalue weighted by Gasteiger charge is 2.12. The first-order chi connectivity index (χ1) is 10.5. The third kappa shape index (κ3) is 4.20. The lowest BCUT2D eigenvalue weighted by Gasteiger charge is -2.07. The van der Waals surface area contributed by atoms with E-state index in [0.29, 0.717) is 22.1 Å². The zero-order chi connectivity index (χ0) is 16.1. The number of benzene rings is 2. The maximum absolute atomic E-state index is 11.6. The summed E-state index contributed by atoms with van der Waals surface area (Å²) >= 11 is 5.73. The summed E-state index contributed by atoms with van der Waals surface area (Å²) in [5.41, 5.74) is 0.449. The van der Waals surface area contributed by atoms with Crippen molar-refractivity contribution in [1.29, 1.82) is 0 Å². The first-order valence-corrected chi connectivity index (χ1v) is 6.67. The molecule has 0 saturated carbocycles. The van der Waals surface area contributed by atoms with Crippen molar-refractivity contribution >= 4 is 23.3 Å². The molecule has 22 heavy (non-hydrogen) atoms. The highest BCUT2D eigenvalue weighted by molar-refractivity contribution is 6.30. The fourth-order valence-electron chi connectivity index (χ4n) is 1.73. The molecule has 114 valence electrons. The van der Waals surface area contributed by atoms with Crippen molar-refractivity contribution in [3.8, 4) is 11.5 Å². The Balaban J connectivity index is 1.92. The molecule has 0 amide bonds. The van der Waals surface area contributed by atoms with E-state index in [2.05, 4.69) is 0 Å². The van der Waals surface area contributed by atoms with Gasteiger partial charge in [-0.3, -0.25) is 10.1 Å². The van der Waals surface area contributed by atoms with Crippen LogP contribution in [0.5, 0.6) is 11.5 Å². The minimum atomic E-state index is -0.585. The molecule has 2 aromatic rings. The molecule has 0 bridgehead atoms. The van der Waals surface area contributed by atoms with Crippen LogP contribution in [0.1, 0.15) is 5.56 Å². The van der Waals surface area contributed by atoms with Crippen molar-refractivity contribution < 1.29 is 19.2 Å². The number of nitro groups is 1. The third-order valence-electron chi connectivity index (χ3n) is 2.77. The van der Waals surface area contributed by atoms with Crippen LogP contribution in [-0.2, 0) is 4.79 Å². The smallest absolute Gasteiger partial charge is 0.349 e. The van der Waals surface area contributed by atoms with E-state index >= 15 is 0 Å². The van der Waals surface area contributed by atoms with Gasteiger partial charge in [-0.25, -0.2) is 4.79 Å². The first kappa shape index (κ1) is 15.8. The second kappa shape index (κ2) is 6.91. The van der Waals surface area contributed by atoms with Gasteiger partial charge in [0.1, 0.15) is 11.5 Å². The molecule has 0 aliphatic heterocycles. The molecule has 0 atom stereocenters. The fourth-order valence-corrected chi connectivity index (χ4v) is 1.85. The predicted molar refractivity (Wildman–Crippen MR) is 80.4 cm³/mol. The van der Waals surface area contributed by atoms with Crippen LogP contribution in [0.4, 0.5) is 5.69 Å². The lowest BCUT2D eigenvalue weighted by Crippen LogP contribution is -2.17. The second-order valence-corrected chi connectivity index (χ2v) is 4.86. The molecule has 0 fully saturated rings. The van der Waals surface area contributed by atoms with Crippen LogP contribution in [0.2, 0.25) is 5.02 Å². The number of nitrogens with zero attached hydrogens (tertiary/aromatic N) is 1. The number of aryl methyl sites for hydroxylation is 1. The Bertz CT molecular complexity index is 700.